The lowest BCUT2D eigenvalue weighted by Gasteiger charge is -2.16. The normalized spacial score (nSPS) is 13.1. The predicted molar refractivity (Wildman–Crippen MR) is 95.0 cm³/mol. The van der Waals surface area contributed by atoms with E-state index in [1.165, 1.54) is 29.6 Å². The molecule has 3 aromatic heterocycles. The summed E-state index contributed by atoms with van der Waals surface area (Å²) in [5.74, 6) is 0.0985. The molecule has 0 unspecified atom stereocenters. The first kappa shape index (κ1) is 17.1. The van der Waals surface area contributed by atoms with Gasteiger partial charge >= 0.3 is 12.2 Å². The second-order valence-electron chi connectivity index (χ2n) is 6.31. The minimum absolute atomic E-state index is 0.0985. The van der Waals surface area contributed by atoms with Crippen LogP contribution in [0.5, 0.6) is 0 Å². The summed E-state index contributed by atoms with van der Waals surface area (Å²) in [5.41, 5.74) is 0.0282. The van der Waals surface area contributed by atoms with E-state index in [0.717, 1.165) is 9.13 Å². The van der Waals surface area contributed by atoms with Crippen molar-refractivity contribution in [1.29, 1.82) is 0 Å². The fraction of sp³-hybridized carbons (Fsp3) is 0.294. The molecule has 1 aromatic carbocycles. The Morgan fingerprint density at radius 2 is 1.78 bits per heavy atom. The Morgan fingerprint density at radius 3 is 2.48 bits per heavy atom. The summed E-state index contributed by atoms with van der Waals surface area (Å²) in [5, 5.41) is 0. The second-order valence-corrected chi connectivity index (χ2v) is 6.31. The third-order valence-electron chi connectivity index (χ3n) is 4.78. The van der Waals surface area contributed by atoms with Gasteiger partial charge in [-0.1, -0.05) is 12.1 Å². The Morgan fingerprint density at radius 1 is 1.07 bits per heavy atom. The van der Waals surface area contributed by atoms with Crippen molar-refractivity contribution in [2.75, 3.05) is 0 Å². The Labute approximate surface area is 150 Å². The zero-order valence-electron chi connectivity index (χ0n) is 14.8. The molecule has 1 atom stereocenters. The number of imidazole rings is 2. The first-order valence-corrected chi connectivity index (χ1v) is 8.20. The molecule has 0 aliphatic rings. The van der Waals surface area contributed by atoms with Gasteiger partial charge in [0, 0.05) is 14.1 Å². The Hall–Kier alpha value is -3.30. The van der Waals surface area contributed by atoms with Crippen LogP contribution < -0.4 is 11.2 Å². The lowest BCUT2D eigenvalue weighted by Crippen LogP contribution is -2.37. The summed E-state index contributed by atoms with van der Waals surface area (Å²) in [7, 11) is 2.86. The highest BCUT2D eigenvalue weighted by Gasteiger charge is 2.25. The SMILES string of the molecule is C[C@@H](c1nc2ccccc2n1C(F)F)n1cnc2c1c(=O)n(C)c(=O)n2C. The lowest BCUT2D eigenvalue weighted by atomic mass is 10.3. The van der Waals surface area contributed by atoms with Crippen LogP contribution in [-0.2, 0) is 14.1 Å². The fourth-order valence-electron chi connectivity index (χ4n) is 3.35. The molecule has 0 bridgehead atoms. The monoisotopic (exact) mass is 374 g/mol. The van der Waals surface area contributed by atoms with Crippen molar-refractivity contribution >= 4 is 22.2 Å². The molecular weight excluding hydrogens is 358 g/mol. The van der Waals surface area contributed by atoms with Crippen molar-refractivity contribution < 1.29 is 8.78 Å². The molecule has 4 rings (SSSR count). The maximum atomic E-state index is 13.8. The number of rotatable bonds is 3. The summed E-state index contributed by atoms with van der Waals surface area (Å²) in [6.07, 6.45) is 1.37. The highest BCUT2D eigenvalue weighted by molar-refractivity contribution is 5.76. The fourth-order valence-corrected chi connectivity index (χ4v) is 3.35. The topological polar surface area (TPSA) is 79.6 Å². The Bertz CT molecular complexity index is 1300. The van der Waals surface area contributed by atoms with Gasteiger partial charge in [-0.05, 0) is 19.1 Å². The minimum atomic E-state index is -2.79. The maximum absolute atomic E-state index is 13.8. The first-order chi connectivity index (χ1) is 12.8. The zero-order valence-corrected chi connectivity index (χ0v) is 14.8. The van der Waals surface area contributed by atoms with Crippen molar-refractivity contribution in [3.63, 3.8) is 0 Å². The van der Waals surface area contributed by atoms with Gasteiger partial charge in [0.25, 0.3) is 5.56 Å². The molecule has 0 spiro atoms. The van der Waals surface area contributed by atoms with Crippen LogP contribution in [-0.4, -0.2) is 28.2 Å². The van der Waals surface area contributed by atoms with Gasteiger partial charge in [-0.25, -0.2) is 14.8 Å². The van der Waals surface area contributed by atoms with Crippen LogP contribution in [0.2, 0.25) is 0 Å². The van der Waals surface area contributed by atoms with E-state index in [1.807, 2.05) is 0 Å². The van der Waals surface area contributed by atoms with Crippen LogP contribution >= 0.6 is 0 Å². The number of hydrogen-bond donors (Lipinski definition) is 0. The number of benzene rings is 1. The molecule has 4 aromatic rings. The molecule has 0 fully saturated rings. The molecular formula is C17H16F2N6O2. The van der Waals surface area contributed by atoms with Crippen molar-refractivity contribution in [2.45, 2.75) is 19.5 Å². The molecule has 0 saturated heterocycles. The number of fused-ring (bicyclic) bond motifs is 2. The van der Waals surface area contributed by atoms with E-state index in [-0.39, 0.29) is 17.0 Å². The second kappa shape index (κ2) is 5.86. The van der Waals surface area contributed by atoms with E-state index in [1.54, 1.807) is 31.2 Å². The van der Waals surface area contributed by atoms with Gasteiger partial charge in [0.05, 0.1) is 23.4 Å². The lowest BCUT2D eigenvalue weighted by molar-refractivity contribution is 0.0700. The molecule has 10 heteroatoms. The summed E-state index contributed by atoms with van der Waals surface area (Å²) in [4.78, 5) is 33.2. The number of aromatic nitrogens is 6. The summed E-state index contributed by atoms with van der Waals surface area (Å²) >= 11 is 0. The van der Waals surface area contributed by atoms with Gasteiger partial charge in [-0.2, -0.15) is 8.78 Å². The first-order valence-electron chi connectivity index (χ1n) is 8.20. The average Bonchev–Trinajstić information content (AvgIpc) is 3.26. The summed E-state index contributed by atoms with van der Waals surface area (Å²) in [6, 6.07) is 5.90. The van der Waals surface area contributed by atoms with Crippen LogP contribution in [0.3, 0.4) is 0 Å². The minimum Gasteiger partial charge on any atom is -0.314 e. The van der Waals surface area contributed by atoms with E-state index >= 15 is 0 Å². The molecule has 140 valence electrons. The van der Waals surface area contributed by atoms with E-state index in [4.69, 9.17) is 0 Å². The van der Waals surface area contributed by atoms with Crippen LogP contribution in [0.15, 0.2) is 40.2 Å². The number of hydrogen-bond acceptors (Lipinski definition) is 4. The molecule has 0 aliphatic heterocycles. The number of aryl methyl sites for hydroxylation is 1. The maximum Gasteiger partial charge on any atom is 0.332 e. The van der Waals surface area contributed by atoms with Gasteiger partial charge in [-0.15, -0.1) is 0 Å². The van der Waals surface area contributed by atoms with Crippen molar-refractivity contribution in [3.05, 3.63) is 57.3 Å². The molecule has 8 nitrogen and oxygen atoms in total. The average molecular weight is 374 g/mol. The van der Waals surface area contributed by atoms with Crippen molar-refractivity contribution in [2.24, 2.45) is 14.1 Å². The quantitative estimate of drug-likeness (QED) is 0.548. The third-order valence-corrected chi connectivity index (χ3v) is 4.78. The number of nitrogens with zero attached hydrogens (tertiary/aromatic N) is 6. The third kappa shape index (κ3) is 2.32. The van der Waals surface area contributed by atoms with Crippen molar-refractivity contribution in [1.82, 2.24) is 28.2 Å². The van der Waals surface area contributed by atoms with Crippen LogP contribution in [0.4, 0.5) is 8.78 Å². The van der Waals surface area contributed by atoms with Gasteiger partial charge in [0.15, 0.2) is 11.2 Å². The van der Waals surface area contributed by atoms with Gasteiger partial charge < -0.3 is 4.57 Å². The van der Waals surface area contributed by atoms with E-state index in [0.29, 0.717) is 11.0 Å². The molecule has 3 heterocycles. The van der Waals surface area contributed by atoms with Gasteiger partial charge in [-0.3, -0.25) is 18.5 Å². The number of para-hydroxylation sites is 2. The van der Waals surface area contributed by atoms with Crippen LogP contribution in [0.1, 0.15) is 25.3 Å². The molecule has 0 amide bonds. The van der Waals surface area contributed by atoms with Crippen LogP contribution in [0.25, 0.3) is 22.2 Å². The van der Waals surface area contributed by atoms with Gasteiger partial charge in [0.1, 0.15) is 5.82 Å². The number of alkyl halides is 2. The van der Waals surface area contributed by atoms with Crippen LogP contribution in [0, 0.1) is 0 Å². The zero-order chi connectivity index (χ0) is 19.5. The molecule has 27 heavy (non-hydrogen) atoms. The highest BCUT2D eigenvalue weighted by atomic mass is 19.3. The summed E-state index contributed by atoms with van der Waals surface area (Å²) < 4.78 is 32.0. The van der Waals surface area contributed by atoms with Gasteiger partial charge in [0.2, 0.25) is 0 Å². The summed E-state index contributed by atoms with van der Waals surface area (Å²) in [6.45, 7) is -1.14. The molecule has 0 radical (unpaired) electrons. The van der Waals surface area contributed by atoms with E-state index in [9.17, 15) is 18.4 Å². The van der Waals surface area contributed by atoms with E-state index in [2.05, 4.69) is 9.97 Å². The highest BCUT2D eigenvalue weighted by Crippen LogP contribution is 2.29. The standard InChI is InChI=1S/C17H16F2N6O2/c1-9(13-21-10-6-4-5-7-11(10)25(13)16(18)19)24-8-20-14-12(24)15(26)23(3)17(27)22(14)2/h4-9,16H,1-3H3/t9-/m0/s1. The van der Waals surface area contributed by atoms with Crippen molar-refractivity contribution in [3.8, 4) is 0 Å². The Balaban J connectivity index is 2.01. The number of halogens is 2. The van der Waals surface area contributed by atoms with E-state index < -0.39 is 23.8 Å². The molecule has 0 N–H and O–H groups in total. The largest absolute Gasteiger partial charge is 0.332 e. The molecule has 0 aliphatic carbocycles. The molecule has 0 saturated carbocycles. The smallest absolute Gasteiger partial charge is 0.314 e. The Kier molecular flexibility index (Phi) is 3.72. The predicted octanol–water partition coefficient (Wildman–Crippen LogP) is 1.79.